The lowest BCUT2D eigenvalue weighted by Gasteiger charge is -2.10. The Balaban J connectivity index is 1.60. The van der Waals surface area contributed by atoms with Gasteiger partial charge < -0.3 is 9.73 Å². The third-order valence-corrected chi connectivity index (χ3v) is 7.02. The predicted molar refractivity (Wildman–Crippen MR) is 124 cm³/mol. The van der Waals surface area contributed by atoms with Crippen molar-refractivity contribution in [2.24, 2.45) is 0 Å². The standard InChI is InChI=1S/C24H14BrNOS/c25-18-13-12-17-15-7-2-4-11-21(15)28-24(17)22(18)26-19-9-5-8-16-14-6-1-3-10-20(14)27-23(16)19/h1-13,26H. The zero-order valence-electron chi connectivity index (χ0n) is 14.7. The van der Waals surface area contributed by atoms with Gasteiger partial charge in [0.2, 0.25) is 0 Å². The minimum absolute atomic E-state index is 0.883. The molecule has 0 radical (unpaired) electrons. The first kappa shape index (κ1) is 16.2. The Morgan fingerprint density at radius 1 is 0.714 bits per heavy atom. The summed E-state index contributed by atoms with van der Waals surface area (Å²) in [5.74, 6) is 0. The number of furan rings is 1. The normalized spacial score (nSPS) is 11.8. The zero-order chi connectivity index (χ0) is 18.7. The topological polar surface area (TPSA) is 25.2 Å². The second kappa shape index (κ2) is 6.09. The van der Waals surface area contributed by atoms with E-state index >= 15 is 0 Å². The summed E-state index contributed by atoms with van der Waals surface area (Å²) in [5, 5.41) is 8.47. The van der Waals surface area contributed by atoms with Crippen LogP contribution >= 0.6 is 27.3 Å². The molecule has 1 N–H and O–H groups in total. The molecule has 0 bridgehead atoms. The highest BCUT2D eigenvalue weighted by atomic mass is 79.9. The van der Waals surface area contributed by atoms with E-state index < -0.39 is 0 Å². The lowest BCUT2D eigenvalue weighted by molar-refractivity contribution is 0.670. The van der Waals surface area contributed by atoms with Crippen molar-refractivity contribution in [1.29, 1.82) is 0 Å². The smallest absolute Gasteiger partial charge is 0.158 e. The molecule has 4 aromatic carbocycles. The third kappa shape index (κ3) is 2.32. The number of benzene rings is 4. The summed E-state index contributed by atoms with van der Waals surface area (Å²) >= 11 is 5.55. The summed E-state index contributed by atoms with van der Waals surface area (Å²) in [6.45, 7) is 0. The molecule has 0 unspecified atom stereocenters. The van der Waals surface area contributed by atoms with Gasteiger partial charge in [-0.2, -0.15) is 0 Å². The Bertz CT molecular complexity index is 1510. The van der Waals surface area contributed by atoms with E-state index in [4.69, 9.17) is 4.42 Å². The first-order valence-corrected chi connectivity index (χ1v) is 10.7. The molecule has 0 saturated heterocycles. The van der Waals surface area contributed by atoms with E-state index in [9.17, 15) is 0 Å². The second-order valence-electron chi connectivity index (χ2n) is 6.80. The Hall–Kier alpha value is -2.82. The van der Waals surface area contributed by atoms with Crippen molar-refractivity contribution in [3.05, 3.63) is 83.3 Å². The zero-order valence-corrected chi connectivity index (χ0v) is 17.1. The van der Waals surface area contributed by atoms with Crippen LogP contribution in [0.15, 0.2) is 87.8 Å². The van der Waals surface area contributed by atoms with Gasteiger partial charge in [0.15, 0.2) is 5.58 Å². The van der Waals surface area contributed by atoms with Crippen molar-refractivity contribution in [2.45, 2.75) is 0 Å². The molecule has 4 heteroatoms. The van der Waals surface area contributed by atoms with Gasteiger partial charge in [0.1, 0.15) is 5.58 Å². The molecule has 0 aliphatic rings. The van der Waals surface area contributed by atoms with Crippen LogP contribution in [-0.2, 0) is 0 Å². The first-order chi connectivity index (χ1) is 13.8. The van der Waals surface area contributed by atoms with Gasteiger partial charge in [0, 0.05) is 30.7 Å². The minimum atomic E-state index is 0.883. The van der Waals surface area contributed by atoms with Gasteiger partial charge in [-0.05, 0) is 40.2 Å². The van der Waals surface area contributed by atoms with Gasteiger partial charge in [0.05, 0.1) is 16.1 Å². The average Bonchev–Trinajstić information content (AvgIpc) is 3.29. The number of hydrogen-bond acceptors (Lipinski definition) is 3. The average molecular weight is 444 g/mol. The third-order valence-electron chi connectivity index (χ3n) is 5.16. The van der Waals surface area contributed by atoms with Crippen LogP contribution < -0.4 is 5.32 Å². The lowest BCUT2D eigenvalue weighted by atomic mass is 10.1. The number of halogens is 1. The molecule has 0 saturated carbocycles. The first-order valence-electron chi connectivity index (χ1n) is 9.06. The molecule has 2 aromatic heterocycles. The Morgan fingerprint density at radius 2 is 1.50 bits per heavy atom. The molecule has 6 aromatic rings. The molecule has 0 spiro atoms. The van der Waals surface area contributed by atoms with E-state index in [0.29, 0.717) is 0 Å². The van der Waals surface area contributed by atoms with Crippen molar-refractivity contribution in [1.82, 2.24) is 0 Å². The van der Waals surface area contributed by atoms with Crippen molar-refractivity contribution in [2.75, 3.05) is 5.32 Å². The number of thiophene rings is 1. The number of para-hydroxylation sites is 2. The van der Waals surface area contributed by atoms with Gasteiger partial charge in [-0.15, -0.1) is 11.3 Å². The van der Waals surface area contributed by atoms with Gasteiger partial charge in [-0.25, -0.2) is 0 Å². The molecule has 28 heavy (non-hydrogen) atoms. The quantitative estimate of drug-likeness (QED) is 0.290. The maximum Gasteiger partial charge on any atom is 0.158 e. The highest BCUT2D eigenvalue weighted by Crippen LogP contribution is 2.44. The van der Waals surface area contributed by atoms with E-state index in [2.05, 4.69) is 81.9 Å². The summed E-state index contributed by atoms with van der Waals surface area (Å²) in [6, 6.07) is 27.3. The fraction of sp³-hybridized carbons (Fsp3) is 0. The number of anilines is 2. The van der Waals surface area contributed by atoms with Gasteiger partial charge >= 0.3 is 0 Å². The lowest BCUT2D eigenvalue weighted by Crippen LogP contribution is -1.92. The fourth-order valence-electron chi connectivity index (χ4n) is 3.86. The molecule has 0 atom stereocenters. The predicted octanol–water partition coefficient (Wildman–Crippen LogP) is 8.46. The summed E-state index contributed by atoms with van der Waals surface area (Å²) in [6.07, 6.45) is 0. The van der Waals surface area contributed by atoms with Crippen LogP contribution in [0.5, 0.6) is 0 Å². The highest BCUT2D eigenvalue weighted by molar-refractivity contribution is 9.10. The van der Waals surface area contributed by atoms with Gasteiger partial charge in [0.25, 0.3) is 0 Å². The van der Waals surface area contributed by atoms with Gasteiger partial charge in [-0.1, -0.05) is 54.6 Å². The van der Waals surface area contributed by atoms with Gasteiger partial charge in [-0.3, -0.25) is 0 Å². The van der Waals surface area contributed by atoms with E-state index in [0.717, 1.165) is 37.8 Å². The van der Waals surface area contributed by atoms with Crippen molar-refractivity contribution < 1.29 is 4.42 Å². The van der Waals surface area contributed by atoms with Crippen LogP contribution in [0.4, 0.5) is 11.4 Å². The summed E-state index contributed by atoms with van der Waals surface area (Å²) in [5.41, 5.74) is 3.84. The van der Waals surface area contributed by atoms with Crippen LogP contribution in [-0.4, -0.2) is 0 Å². The van der Waals surface area contributed by atoms with Crippen LogP contribution in [0, 0.1) is 0 Å². The summed E-state index contributed by atoms with van der Waals surface area (Å²) in [7, 11) is 0. The molecule has 134 valence electrons. The molecule has 6 rings (SSSR count). The van der Waals surface area contributed by atoms with Crippen LogP contribution in [0.3, 0.4) is 0 Å². The molecular weight excluding hydrogens is 430 g/mol. The SMILES string of the molecule is Brc1ccc2c(sc3ccccc32)c1Nc1cccc2c1oc1ccccc12. The van der Waals surface area contributed by atoms with Crippen LogP contribution in [0.1, 0.15) is 0 Å². The summed E-state index contributed by atoms with van der Waals surface area (Å²) < 4.78 is 9.77. The molecule has 0 amide bonds. The second-order valence-corrected chi connectivity index (χ2v) is 8.71. The van der Waals surface area contributed by atoms with Crippen molar-refractivity contribution >= 4 is 80.8 Å². The Labute approximate surface area is 173 Å². The Kier molecular flexibility index (Phi) is 3.52. The summed E-state index contributed by atoms with van der Waals surface area (Å²) in [4.78, 5) is 0. The fourth-order valence-corrected chi connectivity index (χ4v) is 5.63. The molecule has 0 aliphatic heterocycles. The number of hydrogen-bond donors (Lipinski definition) is 1. The molecule has 2 heterocycles. The number of nitrogens with one attached hydrogen (secondary N) is 1. The maximum absolute atomic E-state index is 6.19. The van der Waals surface area contributed by atoms with E-state index in [1.165, 1.54) is 20.2 Å². The highest BCUT2D eigenvalue weighted by Gasteiger charge is 2.15. The molecule has 0 fully saturated rings. The van der Waals surface area contributed by atoms with Crippen molar-refractivity contribution in [3.63, 3.8) is 0 Å². The van der Waals surface area contributed by atoms with Crippen LogP contribution in [0.25, 0.3) is 42.1 Å². The molecular formula is C24H14BrNOS. The molecule has 2 nitrogen and oxygen atoms in total. The number of fused-ring (bicyclic) bond motifs is 6. The van der Waals surface area contributed by atoms with E-state index in [1.807, 2.05) is 29.5 Å². The van der Waals surface area contributed by atoms with Crippen LogP contribution in [0.2, 0.25) is 0 Å². The Morgan fingerprint density at radius 3 is 2.43 bits per heavy atom. The van der Waals surface area contributed by atoms with E-state index in [1.54, 1.807) is 0 Å². The van der Waals surface area contributed by atoms with Crippen molar-refractivity contribution in [3.8, 4) is 0 Å². The minimum Gasteiger partial charge on any atom is -0.454 e. The van der Waals surface area contributed by atoms with E-state index in [-0.39, 0.29) is 0 Å². The number of rotatable bonds is 2. The maximum atomic E-state index is 6.19. The largest absolute Gasteiger partial charge is 0.454 e. The molecule has 0 aliphatic carbocycles. The monoisotopic (exact) mass is 443 g/mol.